The Morgan fingerprint density at radius 3 is 2.36 bits per heavy atom. The van der Waals surface area contributed by atoms with Crippen molar-refractivity contribution in [3.05, 3.63) is 65.7 Å². The third-order valence-electron chi connectivity index (χ3n) is 6.01. The van der Waals surface area contributed by atoms with E-state index in [2.05, 4.69) is 22.3 Å². The summed E-state index contributed by atoms with van der Waals surface area (Å²) >= 11 is 0. The van der Waals surface area contributed by atoms with Gasteiger partial charge in [-0.1, -0.05) is 42.5 Å². The molecule has 150 valence electrons. The number of phenolic OH excluding ortho intramolecular Hbond substituents is 1. The second-order valence-electron chi connectivity index (χ2n) is 8.00. The Hall–Kier alpha value is -2.33. The summed E-state index contributed by atoms with van der Waals surface area (Å²) in [6.07, 6.45) is 4.51. The highest BCUT2D eigenvalue weighted by molar-refractivity contribution is 5.81. The number of nitrogens with zero attached hydrogens (tertiary/aromatic N) is 1. The molecule has 0 saturated carbocycles. The number of amides is 1. The molecule has 2 aromatic carbocycles. The van der Waals surface area contributed by atoms with Crippen molar-refractivity contribution in [1.82, 2.24) is 10.2 Å². The van der Waals surface area contributed by atoms with Gasteiger partial charge in [-0.25, -0.2) is 0 Å². The standard InChI is InChI=1S/C24H32N2O2/c1-18(22-6-4-3-5-7-22)25-24(28)19(2)26-16-14-21(15-17-26)9-8-20-10-12-23(27)13-11-20/h3-7,10-13,18-19,21,27H,8-9,14-17H2,1-2H3,(H,25,28). The molecule has 1 fully saturated rings. The third kappa shape index (κ3) is 5.59. The van der Waals surface area contributed by atoms with Crippen LogP contribution < -0.4 is 5.32 Å². The van der Waals surface area contributed by atoms with Crippen LogP contribution in [0.25, 0.3) is 0 Å². The molecule has 2 atom stereocenters. The van der Waals surface area contributed by atoms with Gasteiger partial charge >= 0.3 is 0 Å². The van der Waals surface area contributed by atoms with Crippen LogP contribution in [0.5, 0.6) is 5.75 Å². The van der Waals surface area contributed by atoms with E-state index in [1.165, 1.54) is 12.0 Å². The summed E-state index contributed by atoms with van der Waals surface area (Å²) in [5.41, 5.74) is 2.42. The summed E-state index contributed by atoms with van der Waals surface area (Å²) in [5.74, 6) is 1.15. The number of likely N-dealkylation sites (tertiary alicyclic amines) is 1. The van der Waals surface area contributed by atoms with Crippen molar-refractivity contribution in [2.75, 3.05) is 13.1 Å². The Bertz CT molecular complexity index is 737. The minimum atomic E-state index is -0.0933. The smallest absolute Gasteiger partial charge is 0.237 e. The van der Waals surface area contributed by atoms with Gasteiger partial charge in [-0.2, -0.15) is 0 Å². The lowest BCUT2D eigenvalue weighted by molar-refractivity contribution is -0.127. The molecule has 2 unspecified atom stereocenters. The van der Waals surface area contributed by atoms with E-state index in [-0.39, 0.29) is 18.0 Å². The number of piperidine rings is 1. The maximum Gasteiger partial charge on any atom is 0.237 e. The summed E-state index contributed by atoms with van der Waals surface area (Å²) < 4.78 is 0. The van der Waals surface area contributed by atoms with Crippen molar-refractivity contribution in [2.24, 2.45) is 5.92 Å². The fraction of sp³-hybridized carbons (Fsp3) is 0.458. The van der Waals surface area contributed by atoms with E-state index in [0.29, 0.717) is 11.7 Å². The highest BCUT2D eigenvalue weighted by Crippen LogP contribution is 2.24. The summed E-state index contributed by atoms with van der Waals surface area (Å²) in [6.45, 7) is 6.02. The van der Waals surface area contributed by atoms with Crippen LogP contribution in [0.3, 0.4) is 0 Å². The number of hydrogen-bond acceptors (Lipinski definition) is 3. The van der Waals surface area contributed by atoms with Crippen LogP contribution in [0.1, 0.15) is 50.3 Å². The number of rotatable bonds is 7. The van der Waals surface area contributed by atoms with Gasteiger partial charge in [0.05, 0.1) is 12.1 Å². The fourth-order valence-corrected chi connectivity index (χ4v) is 3.99. The predicted octanol–water partition coefficient (Wildman–Crippen LogP) is 4.30. The SMILES string of the molecule is CC(NC(=O)C(C)N1CCC(CCc2ccc(O)cc2)CC1)c1ccccc1. The van der Waals surface area contributed by atoms with Gasteiger partial charge in [0.25, 0.3) is 0 Å². The quantitative estimate of drug-likeness (QED) is 0.753. The molecule has 0 aliphatic carbocycles. The van der Waals surface area contributed by atoms with Crippen LogP contribution in [-0.2, 0) is 11.2 Å². The normalized spacial score (nSPS) is 17.8. The van der Waals surface area contributed by atoms with E-state index >= 15 is 0 Å². The minimum Gasteiger partial charge on any atom is -0.508 e. The lowest BCUT2D eigenvalue weighted by atomic mass is 9.90. The minimum absolute atomic E-state index is 0.0269. The summed E-state index contributed by atoms with van der Waals surface area (Å²) in [4.78, 5) is 15.0. The molecule has 0 radical (unpaired) electrons. The number of carbonyl (C=O) groups is 1. The Morgan fingerprint density at radius 1 is 1.07 bits per heavy atom. The van der Waals surface area contributed by atoms with Crippen molar-refractivity contribution in [3.8, 4) is 5.75 Å². The van der Waals surface area contributed by atoms with Crippen molar-refractivity contribution >= 4 is 5.91 Å². The van der Waals surface area contributed by atoms with Gasteiger partial charge in [0.1, 0.15) is 5.75 Å². The molecule has 2 N–H and O–H groups in total. The zero-order valence-corrected chi connectivity index (χ0v) is 17.0. The number of benzene rings is 2. The topological polar surface area (TPSA) is 52.6 Å². The van der Waals surface area contributed by atoms with Gasteiger partial charge in [-0.15, -0.1) is 0 Å². The van der Waals surface area contributed by atoms with E-state index in [1.54, 1.807) is 12.1 Å². The Balaban J connectivity index is 1.42. The lowest BCUT2D eigenvalue weighted by Gasteiger charge is -2.35. The molecule has 1 aliphatic heterocycles. The molecule has 2 aromatic rings. The molecule has 3 rings (SSSR count). The number of phenols is 1. The molecule has 0 spiro atoms. The number of carbonyl (C=O) groups excluding carboxylic acids is 1. The average molecular weight is 381 g/mol. The highest BCUT2D eigenvalue weighted by Gasteiger charge is 2.27. The summed E-state index contributed by atoms with van der Waals surface area (Å²) in [5, 5.41) is 12.5. The van der Waals surface area contributed by atoms with Gasteiger partial charge < -0.3 is 10.4 Å². The average Bonchev–Trinajstić information content (AvgIpc) is 2.73. The molecular weight excluding hydrogens is 348 g/mol. The molecule has 0 bridgehead atoms. The third-order valence-corrected chi connectivity index (χ3v) is 6.01. The highest BCUT2D eigenvalue weighted by atomic mass is 16.3. The van der Waals surface area contributed by atoms with Crippen LogP contribution in [0.15, 0.2) is 54.6 Å². The number of aryl methyl sites for hydroxylation is 1. The van der Waals surface area contributed by atoms with Crippen LogP contribution in [-0.4, -0.2) is 35.0 Å². The van der Waals surface area contributed by atoms with Crippen LogP contribution in [0.4, 0.5) is 0 Å². The zero-order valence-electron chi connectivity index (χ0n) is 17.0. The summed E-state index contributed by atoms with van der Waals surface area (Å²) in [7, 11) is 0. The lowest BCUT2D eigenvalue weighted by Crippen LogP contribution is -2.48. The maximum atomic E-state index is 12.7. The first-order valence-electron chi connectivity index (χ1n) is 10.4. The fourth-order valence-electron chi connectivity index (χ4n) is 3.99. The van der Waals surface area contributed by atoms with Crippen molar-refractivity contribution in [1.29, 1.82) is 0 Å². The summed E-state index contributed by atoms with van der Waals surface area (Å²) in [6, 6.07) is 17.6. The van der Waals surface area contributed by atoms with E-state index in [4.69, 9.17) is 0 Å². The molecule has 1 aliphatic rings. The first-order chi connectivity index (χ1) is 13.5. The maximum absolute atomic E-state index is 12.7. The molecule has 4 nitrogen and oxygen atoms in total. The largest absolute Gasteiger partial charge is 0.508 e. The second kappa shape index (κ2) is 9.74. The predicted molar refractivity (Wildman–Crippen MR) is 113 cm³/mol. The molecular formula is C24H32N2O2. The second-order valence-corrected chi connectivity index (χ2v) is 8.00. The molecule has 0 aromatic heterocycles. The van der Waals surface area contributed by atoms with Gasteiger partial charge in [-0.3, -0.25) is 9.69 Å². The molecule has 1 amide bonds. The van der Waals surface area contributed by atoms with Gasteiger partial charge in [0.2, 0.25) is 5.91 Å². The van der Waals surface area contributed by atoms with Crippen molar-refractivity contribution in [3.63, 3.8) is 0 Å². The molecule has 4 heteroatoms. The van der Waals surface area contributed by atoms with E-state index in [0.717, 1.165) is 37.9 Å². The van der Waals surface area contributed by atoms with Crippen molar-refractivity contribution < 1.29 is 9.90 Å². The van der Waals surface area contributed by atoms with Gasteiger partial charge in [0.15, 0.2) is 0 Å². The molecule has 1 heterocycles. The van der Waals surface area contributed by atoms with Crippen molar-refractivity contribution in [2.45, 2.75) is 51.6 Å². The van der Waals surface area contributed by atoms with Gasteiger partial charge in [-0.05, 0) is 81.8 Å². The zero-order chi connectivity index (χ0) is 19.9. The molecule has 1 saturated heterocycles. The van der Waals surface area contributed by atoms with Crippen LogP contribution in [0, 0.1) is 5.92 Å². The van der Waals surface area contributed by atoms with Gasteiger partial charge in [0, 0.05) is 0 Å². The first-order valence-corrected chi connectivity index (χ1v) is 10.4. The Labute approximate surface area is 168 Å². The monoisotopic (exact) mass is 380 g/mol. The number of nitrogens with one attached hydrogen (secondary N) is 1. The Morgan fingerprint density at radius 2 is 1.71 bits per heavy atom. The van der Waals surface area contributed by atoms with E-state index in [9.17, 15) is 9.90 Å². The number of aromatic hydroxyl groups is 1. The van der Waals surface area contributed by atoms with E-state index in [1.807, 2.05) is 44.2 Å². The van der Waals surface area contributed by atoms with Crippen LogP contribution >= 0.6 is 0 Å². The first kappa shape index (κ1) is 20.4. The van der Waals surface area contributed by atoms with Crippen LogP contribution in [0.2, 0.25) is 0 Å². The van der Waals surface area contributed by atoms with E-state index < -0.39 is 0 Å². The number of hydrogen-bond donors (Lipinski definition) is 2. The Kier molecular flexibility index (Phi) is 7.10. The molecule has 28 heavy (non-hydrogen) atoms.